The predicted octanol–water partition coefficient (Wildman–Crippen LogP) is 3.58. The van der Waals surface area contributed by atoms with Crippen LogP contribution in [0.2, 0.25) is 5.02 Å². The van der Waals surface area contributed by atoms with Crippen LogP contribution in [0.25, 0.3) is 0 Å². The van der Waals surface area contributed by atoms with Crippen molar-refractivity contribution in [3.8, 4) is 11.5 Å². The lowest BCUT2D eigenvalue weighted by Crippen LogP contribution is -2.58. The van der Waals surface area contributed by atoms with Crippen LogP contribution in [0.4, 0.5) is 0 Å². The van der Waals surface area contributed by atoms with Gasteiger partial charge in [-0.2, -0.15) is 0 Å². The Morgan fingerprint density at radius 3 is 2.62 bits per heavy atom. The number of hydrogen-bond donors (Lipinski definition) is 1. The maximum atomic E-state index is 6.47. The number of nitrogens with zero attached hydrogens (tertiary/aromatic N) is 1. The lowest BCUT2D eigenvalue weighted by Gasteiger charge is -2.53. The first kappa shape index (κ1) is 17.7. The molecule has 1 saturated heterocycles. The van der Waals surface area contributed by atoms with Crippen LogP contribution in [-0.2, 0) is 12.0 Å². The first-order valence-corrected chi connectivity index (χ1v) is 9.48. The van der Waals surface area contributed by atoms with E-state index in [1.54, 1.807) is 14.2 Å². The quantitative estimate of drug-likeness (QED) is 0.894. The van der Waals surface area contributed by atoms with E-state index >= 15 is 0 Å². The number of benzene rings is 2. The van der Waals surface area contributed by atoms with Gasteiger partial charge in [0.1, 0.15) is 0 Å². The molecule has 0 bridgehead atoms. The van der Waals surface area contributed by atoms with Gasteiger partial charge in [0, 0.05) is 24.2 Å². The molecule has 5 heteroatoms. The topological polar surface area (TPSA) is 47.7 Å². The highest BCUT2D eigenvalue weighted by Crippen LogP contribution is 2.49. The second-order valence-corrected chi connectivity index (χ2v) is 7.66. The fourth-order valence-corrected chi connectivity index (χ4v) is 4.87. The summed E-state index contributed by atoms with van der Waals surface area (Å²) < 4.78 is 11.1. The molecule has 0 radical (unpaired) electrons. The Morgan fingerprint density at radius 2 is 1.88 bits per heavy atom. The van der Waals surface area contributed by atoms with E-state index in [2.05, 4.69) is 29.2 Å². The summed E-state index contributed by atoms with van der Waals surface area (Å²) in [6, 6.07) is 12.6. The van der Waals surface area contributed by atoms with Crippen LogP contribution in [0.3, 0.4) is 0 Å². The molecule has 0 spiro atoms. The molecule has 0 aromatic heterocycles. The zero-order valence-electron chi connectivity index (χ0n) is 15.3. The van der Waals surface area contributed by atoms with E-state index < -0.39 is 0 Å². The van der Waals surface area contributed by atoms with Gasteiger partial charge >= 0.3 is 0 Å². The molecule has 138 valence electrons. The first-order valence-electron chi connectivity index (χ1n) is 9.10. The van der Waals surface area contributed by atoms with Crippen molar-refractivity contribution in [1.29, 1.82) is 0 Å². The third-order valence-electron chi connectivity index (χ3n) is 5.88. The Labute approximate surface area is 159 Å². The molecule has 1 fully saturated rings. The number of nitrogens with two attached hydrogens (primary N) is 1. The van der Waals surface area contributed by atoms with Crippen LogP contribution in [0.5, 0.6) is 11.5 Å². The van der Waals surface area contributed by atoms with Crippen LogP contribution < -0.4 is 15.2 Å². The molecule has 0 saturated carbocycles. The van der Waals surface area contributed by atoms with Crippen molar-refractivity contribution >= 4 is 11.6 Å². The van der Waals surface area contributed by atoms with Gasteiger partial charge in [-0.05, 0) is 60.2 Å². The molecule has 2 heterocycles. The second kappa shape index (κ2) is 6.76. The van der Waals surface area contributed by atoms with Crippen molar-refractivity contribution in [2.24, 2.45) is 5.73 Å². The fraction of sp³-hybridized carbons (Fsp3) is 0.429. The van der Waals surface area contributed by atoms with E-state index in [0.29, 0.717) is 0 Å². The van der Waals surface area contributed by atoms with Crippen molar-refractivity contribution in [2.75, 3.05) is 27.3 Å². The van der Waals surface area contributed by atoms with E-state index in [4.69, 9.17) is 26.8 Å². The van der Waals surface area contributed by atoms with Gasteiger partial charge in [0.2, 0.25) is 0 Å². The lowest BCUT2D eigenvalue weighted by atomic mass is 9.69. The molecule has 2 aromatic carbocycles. The van der Waals surface area contributed by atoms with Crippen molar-refractivity contribution in [3.63, 3.8) is 0 Å². The summed E-state index contributed by atoms with van der Waals surface area (Å²) in [4.78, 5) is 2.57. The zero-order chi connectivity index (χ0) is 18.3. The lowest BCUT2D eigenvalue weighted by molar-refractivity contribution is 0.0572. The van der Waals surface area contributed by atoms with Gasteiger partial charge in [-0.25, -0.2) is 0 Å². The average Bonchev–Trinajstić information content (AvgIpc) is 2.66. The number of piperidine rings is 1. The van der Waals surface area contributed by atoms with Gasteiger partial charge in [-0.3, -0.25) is 4.90 Å². The normalized spacial score (nSPS) is 25.3. The highest BCUT2D eigenvalue weighted by Gasteiger charge is 2.47. The Morgan fingerprint density at radius 1 is 1.12 bits per heavy atom. The highest BCUT2D eigenvalue weighted by atomic mass is 35.5. The number of methoxy groups -OCH3 is 2. The van der Waals surface area contributed by atoms with Gasteiger partial charge < -0.3 is 15.2 Å². The maximum Gasteiger partial charge on any atom is 0.161 e. The SMILES string of the molecule is COc1cc2c(cc1OC)C1(c3cccc(Cl)c3)CC(N)CCN1CC2. The van der Waals surface area contributed by atoms with Gasteiger partial charge in [0.25, 0.3) is 0 Å². The highest BCUT2D eigenvalue weighted by molar-refractivity contribution is 6.30. The molecule has 2 aliphatic rings. The Kier molecular flexibility index (Phi) is 4.59. The number of hydrogen-bond acceptors (Lipinski definition) is 4. The first-order chi connectivity index (χ1) is 12.6. The molecule has 0 amide bonds. The van der Waals surface area contributed by atoms with Crippen molar-refractivity contribution in [3.05, 3.63) is 58.1 Å². The predicted molar refractivity (Wildman–Crippen MR) is 104 cm³/mol. The molecule has 2 unspecified atom stereocenters. The minimum atomic E-state index is -0.268. The van der Waals surface area contributed by atoms with Crippen molar-refractivity contribution in [1.82, 2.24) is 4.90 Å². The third-order valence-corrected chi connectivity index (χ3v) is 6.11. The van der Waals surface area contributed by atoms with Gasteiger partial charge in [0.15, 0.2) is 11.5 Å². The van der Waals surface area contributed by atoms with Crippen LogP contribution >= 0.6 is 11.6 Å². The average molecular weight is 373 g/mol. The summed E-state index contributed by atoms with van der Waals surface area (Å²) in [7, 11) is 3.37. The maximum absolute atomic E-state index is 6.47. The van der Waals surface area contributed by atoms with E-state index in [1.165, 1.54) is 16.7 Å². The van der Waals surface area contributed by atoms with Gasteiger partial charge in [-0.15, -0.1) is 0 Å². The molecule has 2 atom stereocenters. The molecule has 2 N–H and O–H groups in total. The van der Waals surface area contributed by atoms with Gasteiger partial charge in [-0.1, -0.05) is 23.7 Å². The van der Waals surface area contributed by atoms with E-state index in [9.17, 15) is 0 Å². The molecule has 2 aliphatic heterocycles. The number of halogens is 1. The molecular weight excluding hydrogens is 348 g/mol. The monoisotopic (exact) mass is 372 g/mol. The minimum Gasteiger partial charge on any atom is -0.493 e. The number of rotatable bonds is 3. The summed E-state index contributed by atoms with van der Waals surface area (Å²) in [6.07, 6.45) is 2.88. The molecule has 26 heavy (non-hydrogen) atoms. The van der Waals surface area contributed by atoms with Gasteiger partial charge in [0.05, 0.1) is 19.8 Å². The van der Waals surface area contributed by atoms with E-state index in [0.717, 1.165) is 48.9 Å². The summed E-state index contributed by atoms with van der Waals surface area (Å²) in [5.74, 6) is 1.54. The molecule has 4 rings (SSSR count). The van der Waals surface area contributed by atoms with Crippen LogP contribution in [-0.4, -0.2) is 38.3 Å². The van der Waals surface area contributed by atoms with Crippen LogP contribution in [0.15, 0.2) is 36.4 Å². The number of fused-ring (bicyclic) bond motifs is 3. The Bertz CT molecular complexity index is 826. The van der Waals surface area contributed by atoms with Crippen LogP contribution in [0.1, 0.15) is 29.5 Å². The summed E-state index contributed by atoms with van der Waals surface area (Å²) >= 11 is 6.37. The Hall–Kier alpha value is -1.75. The fourth-order valence-electron chi connectivity index (χ4n) is 4.68. The van der Waals surface area contributed by atoms with E-state index in [-0.39, 0.29) is 11.6 Å². The summed E-state index contributed by atoms with van der Waals surface area (Å²) in [5, 5.41) is 0.753. The largest absolute Gasteiger partial charge is 0.493 e. The molecule has 2 aromatic rings. The molecule has 0 aliphatic carbocycles. The van der Waals surface area contributed by atoms with Crippen molar-refractivity contribution < 1.29 is 9.47 Å². The van der Waals surface area contributed by atoms with E-state index in [1.807, 2.05) is 12.1 Å². The van der Waals surface area contributed by atoms with Crippen LogP contribution in [0, 0.1) is 0 Å². The van der Waals surface area contributed by atoms with Crippen molar-refractivity contribution in [2.45, 2.75) is 30.8 Å². The Balaban J connectivity index is 1.98. The molecular formula is C21H25ClN2O2. The minimum absolute atomic E-state index is 0.157. The zero-order valence-corrected chi connectivity index (χ0v) is 16.1. The second-order valence-electron chi connectivity index (χ2n) is 7.22. The number of ether oxygens (including phenoxy) is 2. The smallest absolute Gasteiger partial charge is 0.161 e. The summed E-state index contributed by atoms with van der Waals surface area (Å²) in [6.45, 7) is 1.99. The summed E-state index contributed by atoms with van der Waals surface area (Å²) in [5.41, 5.74) is 9.97. The molecule has 4 nitrogen and oxygen atoms in total. The third kappa shape index (κ3) is 2.68. The standard InChI is InChI=1S/C21H25ClN2O2/c1-25-19-10-14-6-8-24-9-7-17(23)13-21(24,18(14)12-20(19)26-2)15-4-3-5-16(22)11-15/h3-5,10-12,17H,6-9,13,23H2,1-2H3.